The number of phenolic OH excluding ortho intramolecular Hbond substituents is 1. The van der Waals surface area contributed by atoms with E-state index in [0.717, 1.165) is 11.1 Å². The van der Waals surface area contributed by atoms with E-state index >= 15 is 0 Å². The summed E-state index contributed by atoms with van der Waals surface area (Å²) in [6.45, 7) is 14.3. The fourth-order valence-electron chi connectivity index (χ4n) is 4.73. The van der Waals surface area contributed by atoms with Gasteiger partial charge in [-0.15, -0.1) is 0 Å². The molecule has 0 heterocycles. The van der Waals surface area contributed by atoms with Crippen LogP contribution in [0.2, 0.25) is 0 Å². The molecule has 0 fully saturated rings. The summed E-state index contributed by atoms with van der Waals surface area (Å²) in [5.74, 6) is -1.07. The molecule has 0 radical (unpaired) electrons. The van der Waals surface area contributed by atoms with Crippen molar-refractivity contribution in [3.05, 3.63) is 95.1 Å². The molecule has 2 atom stereocenters. The number of ether oxygens (including phenoxy) is 1. The predicted octanol–water partition coefficient (Wildman–Crippen LogP) is 6.45. The van der Waals surface area contributed by atoms with E-state index in [1.807, 2.05) is 76.2 Å². The summed E-state index contributed by atoms with van der Waals surface area (Å²) in [5.41, 5.74) is 1.41. The topological polar surface area (TPSA) is 108 Å². The molecule has 2 unspecified atom stereocenters. The van der Waals surface area contributed by atoms with Crippen LogP contribution in [-0.4, -0.2) is 45.1 Å². The van der Waals surface area contributed by atoms with Crippen LogP contribution in [0.1, 0.15) is 69.8 Å². The molecule has 0 aliphatic heterocycles. The van der Waals surface area contributed by atoms with Gasteiger partial charge in [-0.3, -0.25) is 9.59 Å². The van der Waals surface area contributed by atoms with E-state index in [1.54, 1.807) is 52.0 Å². The van der Waals surface area contributed by atoms with Crippen molar-refractivity contribution in [3.8, 4) is 5.75 Å². The highest BCUT2D eigenvalue weighted by molar-refractivity contribution is 6.00. The third kappa shape index (κ3) is 8.35. The monoisotopic (exact) mass is 573 g/mol. The number of carbonyl (C=O) groups excluding carboxylic acids is 3. The Bertz CT molecular complexity index is 1410. The Kier molecular flexibility index (Phi) is 10.0. The van der Waals surface area contributed by atoms with Crippen LogP contribution < -0.4 is 10.6 Å². The van der Waals surface area contributed by atoms with Crippen molar-refractivity contribution >= 4 is 23.6 Å². The van der Waals surface area contributed by atoms with Crippen molar-refractivity contribution in [1.82, 2.24) is 10.2 Å². The van der Waals surface area contributed by atoms with Gasteiger partial charge >= 0.3 is 6.09 Å². The second-order valence-corrected chi connectivity index (χ2v) is 12.5. The predicted molar refractivity (Wildman–Crippen MR) is 165 cm³/mol. The highest BCUT2D eigenvalue weighted by Crippen LogP contribution is 2.37. The molecule has 0 aliphatic carbocycles. The lowest BCUT2D eigenvalue weighted by atomic mass is 9.92. The third-order valence-electron chi connectivity index (χ3n) is 6.70. The Labute approximate surface area is 249 Å². The summed E-state index contributed by atoms with van der Waals surface area (Å²) in [7, 11) is 0. The van der Waals surface area contributed by atoms with Crippen LogP contribution >= 0.6 is 0 Å². The van der Waals surface area contributed by atoms with Crippen LogP contribution in [0.15, 0.2) is 72.8 Å². The number of para-hydroxylation sites is 2. The zero-order valence-electron chi connectivity index (χ0n) is 25.8. The van der Waals surface area contributed by atoms with Crippen molar-refractivity contribution in [2.75, 3.05) is 5.32 Å². The number of phenols is 1. The van der Waals surface area contributed by atoms with Gasteiger partial charge < -0.3 is 25.4 Å². The number of benzene rings is 3. The Hall–Kier alpha value is -4.33. The summed E-state index contributed by atoms with van der Waals surface area (Å²) < 4.78 is 5.50. The molecule has 8 nitrogen and oxygen atoms in total. The van der Waals surface area contributed by atoms with Gasteiger partial charge in [0, 0.05) is 23.2 Å². The lowest BCUT2D eigenvalue weighted by Gasteiger charge is -2.43. The summed E-state index contributed by atoms with van der Waals surface area (Å²) in [6, 6.07) is 19.5. The standard InChI is InChI=1S/C34H43N3O5/c1-22-15-12-13-20-26(22)35-30(39)28(25-19-14-16-23(2)29(25)38)37(33(3,4)5)31(40)27(21-24-17-10-9-11-18-24)36-32(41)42-34(6,7)8/h9-20,27-28,38H,21H2,1-8H3,(H,35,39)(H,36,41). The molecule has 224 valence electrons. The molecule has 8 heteroatoms. The molecular formula is C34H43N3O5. The average Bonchev–Trinajstić information content (AvgIpc) is 2.88. The summed E-state index contributed by atoms with van der Waals surface area (Å²) in [4.78, 5) is 43.2. The summed E-state index contributed by atoms with van der Waals surface area (Å²) >= 11 is 0. The zero-order valence-corrected chi connectivity index (χ0v) is 25.8. The Morgan fingerprint density at radius 3 is 2.02 bits per heavy atom. The Balaban J connectivity index is 2.15. The van der Waals surface area contributed by atoms with Crippen LogP contribution in [0, 0.1) is 13.8 Å². The first-order valence-corrected chi connectivity index (χ1v) is 14.1. The fourth-order valence-corrected chi connectivity index (χ4v) is 4.73. The Morgan fingerprint density at radius 2 is 1.43 bits per heavy atom. The van der Waals surface area contributed by atoms with E-state index < -0.39 is 41.1 Å². The van der Waals surface area contributed by atoms with E-state index in [1.165, 1.54) is 4.90 Å². The fraction of sp³-hybridized carbons (Fsp3) is 0.382. The van der Waals surface area contributed by atoms with Crippen LogP contribution in [-0.2, 0) is 20.7 Å². The first kappa shape index (κ1) is 32.2. The maximum Gasteiger partial charge on any atom is 0.408 e. The molecule has 0 aliphatic rings. The zero-order chi connectivity index (χ0) is 31.2. The smallest absolute Gasteiger partial charge is 0.408 e. The van der Waals surface area contributed by atoms with Crippen molar-refractivity contribution < 1.29 is 24.2 Å². The number of hydrogen-bond donors (Lipinski definition) is 3. The lowest BCUT2D eigenvalue weighted by molar-refractivity contribution is -0.146. The van der Waals surface area contributed by atoms with E-state index in [-0.39, 0.29) is 17.7 Å². The van der Waals surface area contributed by atoms with E-state index in [0.29, 0.717) is 11.3 Å². The first-order chi connectivity index (χ1) is 19.6. The molecular weight excluding hydrogens is 530 g/mol. The van der Waals surface area contributed by atoms with Gasteiger partial charge in [0.1, 0.15) is 23.4 Å². The van der Waals surface area contributed by atoms with Gasteiger partial charge in [-0.25, -0.2) is 4.79 Å². The van der Waals surface area contributed by atoms with E-state index in [2.05, 4.69) is 10.6 Å². The van der Waals surface area contributed by atoms with E-state index in [4.69, 9.17) is 4.74 Å². The number of hydrogen-bond acceptors (Lipinski definition) is 5. The largest absolute Gasteiger partial charge is 0.507 e. The minimum atomic E-state index is -1.23. The average molecular weight is 574 g/mol. The number of nitrogens with zero attached hydrogens (tertiary/aromatic N) is 1. The maximum atomic E-state index is 14.6. The molecule has 0 saturated carbocycles. The molecule has 0 bridgehead atoms. The van der Waals surface area contributed by atoms with Crippen LogP contribution in [0.4, 0.5) is 10.5 Å². The maximum absolute atomic E-state index is 14.6. The molecule has 3 rings (SSSR count). The van der Waals surface area contributed by atoms with Crippen LogP contribution in [0.5, 0.6) is 5.75 Å². The van der Waals surface area contributed by atoms with Gasteiger partial charge in [-0.1, -0.05) is 66.7 Å². The first-order valence-electron chi connectivity index (χ1n) is 14.1. The molecule has 3 aromatic rings. The quantitative estimate of drug-likeness (QED) is 0.287. The molecule has 3 N–H and O–H groups in total. The van der Waals surface area contributed by atoms with Crippen molar-refractivity contribution in [3.63, 3.8) is 0 Å². The molecule has 0 spiro atoms. The number of alkyl carbamates (subject to hydrolysis) is 1. The second kappa shape index (κ2) is 13.1. The van der Waals surface area contributed by atoms with Gasteiger partial charge in [0.25, 0.3) is 5.91 Å². The van der Waals surface area contributed by atoms with Crippen LogP contribution in [0.25, 0.3) is 0 Å². The molecule has 3 amide bonds. The van der Waals surface area contributed by atoms with Crippen molar-refractivity contribution in [2.45, 2.75) is 85.0 Å². The minimum Gasteiger partial charge on any atom is -0.507 e. The van der Waals surface area contributed by atoms with Crippen molar-refractivity contribution in [1.29, 1.82) is 0 Å². The van der Waals surface area contributed by atoms with Gasteiger partial charge in [-0.2, -0.15) is 0 Å². The molecule has 3 aromatic carbocycles. The van der Waals surface area contributed by atoms with Gasteiger partial charge in [0.05, 0.1) is 0 Å². The summed E-state index contributed by atoms with van der Waals surface area (Å²) in [5, 5.41) is 16.9. The number of rotatable bonds is 8. The Morgan fingerprint density at radius 1 is 0.833 bits per heavy atom. The number of nitrogens with one attached hydrogen (secondary N) is 2. The SMILES string of the molecule is Cc1ccccc1NC(=O)C(c1cccc(C)c1O)N(C(=O)C(Cc1ccccc1)NC(=O)OC(C)(C)C)C(C)(C)C. The van der Waals surface area contributed by atoms with Crippen molar-refractivity contribution in [2.24, 2.45) is 0 Å². The minimum absolute atomic E-state index is 0.0794. The number of carbonyl (C=O) groups is 3. The molecule has 0 saturated heterocycles. The van der Waals surface area contributed by atoms with Gasteiger partial charge in [0.2, 0.25) is 5.91 Å². The number of aryl methyl sites for hydroxylation is 2. The number of aromatic hydroxyl groups is 1. The highest BCUT2D eigenvalue weighted by Gasteiger charge is 2.43. The molecule has 0 aromatic heterocycles. The summed E-state index contributed by atoms with van der Waals surface area (Å²) in [6.07, 6.45) is -0.581. The normalized spacial score (nSPS) is 13.0. The number of anilines is 1. The van der Waals surface area contributed by atoms with Crippen LogP contribution in [0.3, 0.4) is 0 Å². The highest BCUT2D eigenvalue weighted by atomic mass is 16.6. The number of amides is 3. The molecule has 42 heavy (non-hydrogen) atoms. The van der Waals surface area contributed by atoms with Gasteiger partial charge in [-0.05, 0) is 78.1 Å². The lowest BCUT2D eigenvalue weighted by Crippen LogP contribution is -2.58. The van der Waals surface area contributed by atoms with Gasteiger partial charge in [0.15, 0.2) is 0 Å². The third-order valence-corrected chi connectivity index (χ3v) is 6.70. The van der Waals surface area contributed by atoms with E-state index in [9.17, 15) is 19.5 Å². The second-order valence-electron chi connectivity index (χ2n) is 12.5.